The molecule has 0 aromatic heterocycles. The van der Waals surface area contributed by atoms with Crippen molar-refractivity contribution in [2.75, 3.05) is 11.5 Å². The molecule has 1 heterocycles. The number of anilines is 1. The van der Waals surface area contributed by atoms with E-state index < -0.39 is 23.7 Å². The summed E-state index contributed by atoms with van der Waals surface area (Å²) in [7, 11) is 0. The molecule has 5 aromatic carbocycles. The van der Waals surface area contributed by atoms with Gasteiger partial charge in [0.25, 0.3) is 5.91 Å². The van der Waals surface area contributed by atoms with Gasteiger partial charge >= 0.3 is 5.97 Å². The number of fused-ring (bicyclic) bond motifs is 1. The monoisotopic (exact) mass is 610 g/mol. The molecule has 2 atom stereocenters. The molecule has 0 aliphatic carbocycles. The van der Waals surface area contributed by atoms with Crippen LogP contribution in [0.3, 0.4) is 0 Å². The second-order valence-corrected chi connectivity index (χ2v) is 11.5. The van der Waals surface area contributed by atoms with Crippen LogP contribution in [-0.2, 0) is 37.8 Å². The Balaban J connectivity index is 1.53. The van der Waals surface area contributed by atoms with Gasteiger partial charge in [-0.05, 0) is 47.7 Å². The highest BCUT2D eigenvalue weighted by molar-refractivity contribution is 6.10. The second kappa shape index (κ2) is 13.9. The number of nitrogens with zero attached hydrogens (tertiary/aromatic N) is 1. The molecule has 6 heteroatoms. The summed E-state index contributed by atoms with van der Waals surface area (Å²) < 4.78 is 12.7. The zero-order valence-corrected chi connectivity index (χ0v) is 26.1. The van der Waals surface area contributed by atoms with Gasteiger partial charge in [0.15, 0.2) is 5.60 Å². The van der Waals surface area contributed by atoms with Crippen molar-refractivity contribution in [3.63, 3.8) is 0 Å². The molecule has 1 aliphatic rings. The maximum Gasteiger partial charge on any atom is 0.327 e. The number of aryl methyl sites for hydroxylation is 1. The van der Waals surface area contributed by atoms with E-state index in [1.807, 2.05) is 146 Å². The summed E-state index contributed by atoms with van der Waals surface area (Å²) in [6.45, 7) is 4.37. The lowest BCUT2D eigenvalue weighted by atomic mass is 9.85. The lowest BCUT2D eigenvalue weighted by Gasteiger charge is -2.38. The molecule has 1 N–H and O–H groups in total. The number of nitrogens with one attached hydrogen (secondary N) is 1. The molecular weight excluding hydrogens is 572 g/mol. The first-order valence-electron chi connectivity index (χ1n) is 15.7. The number of carbonyl (C=O) groups is 2. The Labute approximate surface area is 270 Å². The molecule has 0 bridgehead atoms. The molecular formula is C40H38N2O4. The van der Waals surface area contributed by atoms with Crippen molar-refractivity contribution >= 4 is 17.6 Å². The van der Waals surface area contributed by atoms with E-state index in [2.05, 4.69) is 5.32 Å². The van der Waals surface area contributed by atoms with E-state index >= 15 is 4.79 Å². The lowest BCUT2D eigenvalue weighted by Crippen LogP contribution is -2.60. The highest BCUT2D eigenvalue weighted by Gasteiger charge is 2.60. The first-order valence-corrected chi connectivity index (χ1v) is 15.7. The summed E-state index contributed by atoms with van der Waals surface area (Å²) in [5.41, 5.74) is 4.40. The van der Waals surface area contributed by atoms with Crippen LogP contribution in [0.1, 0.15) is 46.3 Å². The summed E-state index contributed by atoms with van der Waals surface area (Å²) >= 11 is 0. The van der Waals surface area contributed by atoms with E-state index in [1.165, 1.54) is 0 Å². The molecule has 5 aromatic rings. The summed E-state index contributed by atoms with van der Waals surface area (Å²) in [5.74, 6) is -0.884. The maximum atomic E-state index is 15.2. The first kappa shape index (κ1) is 31.0. The molecule has 1 amide bonds. The normalized spacial score (nSPS) is 16.3. The molecule has 0 radical (unpaired) electrons. The highest BCUT2D eigenvalue weighted by Crippen LogP contribution is 2.47. The third-order valence-electron chi connectivity index (χ3n) is 8.59. The van der Waals surface area contributed by atoms with E-state index in [4.69, 9.17) is 9.47 Å². The maximum absolute atomic E-state index is 15.2. The zero-order chi connectivity index (χ0) is 31.9. The number of amides is 1. The van der Waals surface area contributed by atoms with Crippen LogP contribution in [0, 0.1) is 6.92 Å². The number of esters is 1. The van der Waals surface area contributed by atoms with E-state index in [9.17, 15) is 4.79 Å². The van der Waals surface area contributed by atoms with Crippen LogP contribution in [-0.4, -0.2) is 24.5 Å². The van der Waals surface area contributed by atoms with Gasteiger partial charge in [0, 0.05) is 5.56 Å². The molecule has 6 nitrogen and oxygen atoms in total. The number of ether oxygens (including phenoxy) is 2. The van der Waals surface area contributed by atoms with Gasteiger partial charge in [-0.25, -0.2) is 0 Å². The SMILES string of the molecule is CCOC(=O)[C@H](NC(c1ccccc1)c1ccccc1)[C@]1(OCc2ccccc2C)C(=O)N(Cc2ccccc2)c2ccccc21. The quantitative estimate of drug-likeness (QED) is 0.151. The average Bonchev–Trinajstić information content (AvgIpc) is 3.33. The van der Waals surface area contributed by atoms with Crippen molar-refractivity contribution in [3.8, 4) is 0 Å². The lowest BCUT2D eigenvalue weighted by molar-refractivity contribution is -0.169. The Morgan fingerprint density at radius 1 is 0.761 bits per heavy atom. The minimum Gasteiger partial charge on any atom is -0.465 e. The zero-order valence-electron chi connectivity index (χ0n) is 26.1. The minimum atomic E-state index is -1.73. The Morgan fingerprint density at radius 2 is 1.33 bits per heavy atom. The molecule has 232 valence electrons. The van der Waals surface area contributed by atoms with E-state index in [1.54, 1.807) is 11.8 Å². The van der Waals surface area contributed by atoms with Crippen LogP contribution >= 0.6 is 0 Å². The number of hydrogen-bond acceptors (Lipinski definition) is 5. The number of benzene rings is 5. The number of hydrogen-bond donors (Lipinski definition) is 1. The molecule has 0 saturated carbocycles. The predicted octanol–water partition coefficient (Wildman–Crippen LogP) is 7.26. The van der Waals surface area contributed by atoms with Crippen molar-refractivity contribution < 1.29 is 19.1 Å². The first-order chi connectivity index (χ1) is 22.5. The van der Waals surface area contributed by atoms with Crippen LogP contribution in [0.4, 0.5) is 5.69 Å². The van der Waals surface area contributed by atoms with Gasteiger partial charge in [0.1, 0.15) is 6.04 Å². The third kappa shape index (κ3) is 6.10. The molecule has 0 unspecified atom stereocenters. The van der Waals surface area contributed by atoms with Gasteiger partial charge in [-0.15, -0.1) is 0 Å². The van der Waals surface area contributed by atoms with Gasteiger partial charge in [0.2, 0.25) is 0 Å². The fourth-order valence-electron chi connectivity index (χ4n) is 6.26. The number of carbonyl (C=O) groups excluding carboxylic acids is 2. The largest absolute Gasteiger partial charge is 0.465 e. The third-order valence-corrected chi connectivity index (χ3v) is 8.59. The van der Waals surface area contributed by atoms with Gasteiger partial charge in [-0.2, -0.15) is 0 Å². The topological polar surface area (TPSA) is 67.9 Å². The standard InChI is InChI=1S/C40H38N2O4/c1-3-45-38(43)37(41-36(31-20-9-5-10-21-31)32-22-11-6-12-23-32)40(46-28-33-24-14-13-17-29(33)2)34-25-15-16-26-35(34)42(39(40)44)27-30-18-7-4-8-19-30/h4-26,36-37,41H,3,27-28H2,1-2H3/t37-,40-/m0/s1. The Bertz CT molecular complexity index is 1740. The van der Waals surface area contributed by atoms with Gasteiger partial charge < -0.3 is 14.4 Å². The van der Waals surface area contributed by atoms with Crippen molar-refractivity contribution in [1.29, 1.82) is 0 Å². The van der Waals surface area contributed by atoms with Crippen molar-refractivity contribution in [2.24, 2.45) is 0 Å². The Morgan fingerprint density at radius 3 is 1.96 bits per heavy atom. The van der Waals surface area contributed by atoms with Crippen LogP contribution in [0.5, 0.6) is 0 Å². The average molecular weight is 611 g/mol. The van der Waals surface area contributed by atoms with Crippen molar-refractivity contribution in [1.82, 2.24) is 5.32 Å². The number of rotatable bonds is 12. The smallest absolute Gasteiger partial charge is 0.327 e. The molecule has 46 heavy (non-hydrogen) atoms. The van der Waals surface area contributed by atoms with Crippen LogP contribution in [0.25, 0.3) is 0 Å². The summed E-state index contributed by atoms with van der Waals surface area (Å²) in [5, 5.41) is 3.61. The number of para-hydroxylation sites is 1. The van der Waals surface area contributed by atoms with Crippen LogP contribution in [0.2, 0.25) is 0 Å². The predicted molar refractivity (Wildman–Crippen MR) is 180 cm³/mol. The molecule has 0 spiro atoms. The fraction of sp³-hybridized carbons (Fsp3) is 0.200. The molecule has 0 fully saturated rings. The molecule has 1 aliphatic heterocycles. The summed E-state index contributed by atoms with van der Waals surface area (Å²) in [6, 6.07) is 43.6. The van der Waals surface area contributed by atoms with Crippen molar-refractivity contribution in [2.45, 2.75) is 44.7 Å². The Kier molecular flexibility index (Phi) is 9.38. The van der Waals surface area contributed by atoms with E-state index in [-0.39, 0.29) is 19.1 Å². The summed E-state index contributed by atoms with van der Waals surface area (Å²) in [6.07, 6.45) is 0. The minimum absolute atomic E-state index is 0.116. The fourth-order valence-corrected chi connectivity index (χ4v) is 6.26. The molecule has 0 saturated heterocycles. The Hall–Kier alpha value is -5.04. The van der Waals surface area contributed by atoms with Crippen LogP contribution < -0.4 is 10.2 Å². The van der Waals surface area contributed by atoms with Gasteiger partial charge in [0.05, 0.1) is 31.5 Å². The van der Waals surface area contributed by atoms with E-state index in [0.29, 0.717) is 17.8 Å². The van der Waals surface area contributed by atoms with Gasteiger partial charge in [-0.1, -0.05) is 133 Å². The second-order valence-electron chi connectivity index (χ2n) is 11.5. The van der Waals surface area contributed by atoms with E-state index in [0.717, 1.165) is 27.8 Å². The van der Waals surface area contributed by atoms with Crippen molar-refractivity contribution in [3.05, 3.63) is 173 Å². The summed E-state index contributed by atoms with van der Waals surface area (Å²) in [4.78, 5) is 31.2. The van der Waals surface area contributed by atoms with Gasteiger partial charge in [-0.3, -0.25) is 14.9 Å². The highest BCUT2D eigenvalue weighted by atomic mass is 16.5. The molecule has 6 rings (SSSR count). The van der Waals surface area contributed by atoms with Crippen LogP contribution in [0.15, 0.2) is 140 Å².